The standard InChI is InChI=1S/C9H6F3N3S/c10-5-2-1-4(7(11)8(5)12)9(13)6-3-14-15-16-6/h1-3,9H,13H2. The number of benzene rings is 1. The van der Waals surface area contributed by atoms with Crippen LogP contribution in [-0.4, -0.2) is 9.59 Å². The molecule has 1 aromatic heterocycles. The highest BCUT2D eigenvalue weighted by Gasteiger charge is 2.20. The molecule has 16 heavy (non-hydrogen) atoms. The van der Waals surface area contributed by atoms with Crippen molar-refractivity contribution < 1.29 is 13.2 Å². The molecule has 3 nitrogen and oxygen atoms in total. The molecule has 1 aromatic carbocycles. The molecular formula is C9H6F3N3S. The number of aromatic nitrogens is 2. The van der Waals surface area contributed by atoms with E-state index in [0.29, 0.717) is 4.88 Å². The van der Waals surface area contributed by atoms with Crippen LogP contribution in [0.5, 0.6) is 0 Å². The van der Waals surface area contributed by atoms with Crippen LogP contribution in [0.25, 0.3) is 0 Å². The van der Waals surface area contributed by atoms with E-state index in [9.17, 15) is 13.2 Å². The fraction of sp³-hybridized carbons (Fsp3) is 0.111. The van der Waals surface area contributed by atoms with E-state index in [0.717, 1.165) is 23.7 Å². The Bertz CT molecular complexity index is 501. The average Bonchev–Trinajstić information content (AvgIpc) is 2.79. The molecule has 0 bridgehead atoms. The Morgan fingerprint density at radius 2 is 1.94 bits per heavy atom. The van der Waals surface area contributed by atoms with Gasteiger partial charge in [-0.25, -0.2) is 13.2 Å². The third-order valence-electron chi connectivity index (χ3n) is 2.08. The van der Waals surface area contributed by atoms with Crippen LogP contribution in [-0.2, 0) is 0 Å². The molecule has 0 fully saturated rings. The van der Waals surface area contributed by atoms with E-state index in [4.69, 9.17) is 5.73 Å². The molecule has 0 saturated carbocycles. The lowest BCUT2D eigenvalue weighted by atomic mass is 10.1. The predicted octanol–water partition coefficient (Wildman–Crippen LogP) is 2.00. The molecule has 84 valence electrons. The Kier molecular flexibility index (Phi) is 2.88. The number of hydrogen-bond acceptors (Lipinski definition) is 4. The molecule has 1 atom stereocenters. The summed E-state index contributed by atoms with van der Waals surface area (Å²) in [7, 11) is 0. The molecule has 0 saturated heterocycles. The normalized spacial score (nSPS) is 12.8. The summed E-state index contributed by atoms with van der Waals surface area (Å²) in [6.07, 6.45) is 1.36. The number of nitrogens with zero attached hydrogens (tertiary/aromatic N) is 2. The zero-order valence-electron chi connectivity index (χ0n) is 7.82. The van der Waals surface area contributed by atoms with Crippen molar-refractivity contribution >= 4 is 11.5 Å². The quantitative estimate of drug-likeness (QED) is 0.823. The number of hydrogen-bond donors (Lipinski definition) is 1. The molecule has 0 radical (unpaired) electrons. The van der Waals surface area contributed by atoms with Crippen LogP contribution in [0.4, 0.5) is 13.2 Å². The predicted molar refractivity (Wildman–Crippen MR) is 52.3 cm³/mol. The van der Waals surface area contributed by atoms with E-state index in [1.165, 1.54) is 6.20 Å². The molecule has 0 aliphatic carbocycles. The van der Waals surface area contributed by atoms with Gasteiger partial charge in [0.25, 0.3) is 0 Å². The highest BCUT2D eigenvalue weighted by Crippen LogP contribution is 2.25. The minimum Gasteiger partial charge on any atom is -0.319 e. The van der Waals surface area contributed by atoms with Crippen LogP contribution in [0.15, 0.2) is 18.3 Å². The van der Waals surface area contributed by atoms with E-state index < -0.39 is 23.5 Å². The van der Waals surface area contributed by atoms with Crippen LogP contribution in [0, 0.1) is 17.5 Å². The van der Waals surface area contributed by atoms with Gasteiger partial charge in [-0.15, -0.1) is 5.10 Å². The summed E-state index contributed by atoms with van der Waals surface area (Å²) in [5.74, 6) is -4.04. The van der Waals surface area contributed by atoms with Gasteiger partial charge in [0.2, 0.25) is 0 Å². The maximum atomic E-state index is 13.4. The third-order valence-corrected chi connectivity index (χ3v) is 2.83. The highest BCUT2D eigenvalue weighted by atomic mass is 32.1. The topological polar surface area (TPSA) is 51.8 Å². The monoisotopic (exact) mass is 245 g/mol. The SMILES string of the molecule is NC(c1cnns1)c1ccc(F)c(F)c1F. The minimum absolute atomic E-state index is 0.120. The van der Waals surface area contributed by atoms with E-state index in [2.05, 4.69) is 9.59 Å². The molecule has 2 aromatic rings. The van der Waals surface area contributed by atoms with Gasteiger partial charge in [0.05, 0.1) is 17.1 Å². The largest absolute Gasteiger partial charge is 0.319 e. The number of rotatable bonds is 2. The fourth-order valence-electron chi connectivity index (χ4n) is 1.25. The van der Waals surface area contributed by atoms with Gasteiger partial charge in [0.1, 0.15) is 0 Å². The van der Waals surface area contributed by atoms with Crippen LogP contribution < -0.4 is 5.73 Å². The molecular weight excluding hydrogens is 239 g/mol. The van der Waals surface area contributed by atoms with Gasteiger partial charge in [-0.1, -0.05) is 10.6 Å². The molecule has 1 heterocycles. The Morgan fingerprint density at radius 1 is 1.19 bits per heavy atom. The van der Waals surface area contributed by atoms with Gasteiger partial charge in [0, 0.05) is 5.56 Å². The van der Waals surface area contributed by atoms with E-state index in [1.54, 1.807) is 0 Å². The molecule has 2 N–H and O–H groups in total. The first-order valence-electron chi connectivity index (χ1n) is 4.27. The van der Waals surface area contributed by atoms with Crippen molar-refractivity contribution in [2.45, 2.75) is 6.04 Å². The van der Waals surface area contributed by atoms with Gasteiger partial charge in [-0.2, -0.15) is 0 Å². The van der Waals surface area contributed by atoms with Crippen molar-refractivity contribution in [3.05, 3.63) is 46.2 Å². The molecule has 2 rings (SSSR count). The average molecular weight is 245 g/mol. The lowest BCUT2D eigenvalue weighted by molar-refractivity contribution is 0.439. The zero-order valence-corrected chi connectivity index (χ0v) is 8.64. The van der Waals surface area contributed by atoms with Crippen molar-refractivity contribution in [2.24, 2.45) is 5.73 Å². The first-order chi connectivity index (χ1) is 7.61. The van der Waals surface area contributed by atoms with Crippen LogP contribution in [0.2, 0.25) is 0 Å². The van der Waals surface area contributed by atoms with Crippen LogP contribution in [0.1, 0.15) is 16.5 Å². The van der Waals surface area contributed by atoms with E-state index in [1.807, 2.05) is 0 Å². The zero-order chi connectivity index (χ0) is 11.7. The highest BCUT2D eigenvalue weighted by molar-refractivity contribution is 7.05. The number of nitrogens with two attached hydrogens (primary N) is 1. The molecule has 0 spiro atoms. The maximum Gasteiger partial charge on any atom is 0.194 e. The lowest BCUT2D eigenvalue weighted by Gasteiger charge is -2.10. The molecule has 0 aliphatic rings. The molecule has 7 heteroatoms. The first kappa shape index (κ1) is 11.0. The van der Waals surface area contributed by atoms with Crippen LogP contribution >= 0.6 is 11.5 Å². The van der Waals surface area contributed by atoms with Gasteiger partial charge in [-0.3, -0.25) is 0 Å². The first-order valence-corrected chi connectivity index (χ1v) is 5.05. The minimum atomic E-state index is -1.52. The fourth-order valence-corrected chi connectivity index (χ4v) is 1.77. The van der Waals surface area contributed by atoms with Crippen molar-refractivity contribution in [3.8, 4) is 0 Å². The van der Waals surface area contributed by atoms with Gasteiger partial charge >= 0.3 is 0 Å². The summed E-state index contributed by atoms with van der Waals surface area (Å²) in [5, 5.41) is 3.54. The molecule has 0 aliphatic heterocycles. The Morgan fingerprint density at radius 3 is 2.56 bits per heavy atom. The maximum absolute atomic E-state index is 13.4. The summed E-state index contributed by atoms with van der Waals surface area (Å²) in [6, 6.07) is 1.05. The third kappa shape index (κ3) is 1.79. The summed E-state index contributed by atoms with van der Waals surface area (Å²) < 4.78 is 42.6. The van der Waals surface area contributed by atoms with Crippen molar-refractivity contribution in [1.82, 2.24) is 9.59 Å². The second-order valence-electron chi connectivity index (χ2n) is 3.06. The summed E-state index contributed by atoms with van der Waals surface area (Å²) in [6.45, 7) is 0. The van der Waals surface area contributed by atoms with E-state index >= 15 is 0 Å². The number of halogens is 3. The summed E-state index contributed by atoms with van der Waals surface area (Å²) >= 11 is 0.976. The molecule has 1 unspecified atom stereocenters. The Balaban J connectivity index is 2.45. The van der Waals surface area contributed by atoms with Crippen molar-refractivity contribution in [3.63, 3.8) is 0 Å². The second kappa shape index (κ2) is 4.18. The van der Waals surface area contributed by atoms with Gasteiger partial charge in [0.15, 0.2) is 17.5 Å². The lowest BCUT2D eigenvalue weighted by Crippen LogP contribution is -2.13. The summed E-state index contributed by atoms with van der Waals surface area (Å²) in [4.78, 5) is 0.477. The Hall–Kier alpha value is -1.47. The smallest absolute Gasteiger partial charge is 0.194 e. The molecule has 0 amide bonds. The van der Waals surface area contributed by atoms with Gasteiger partial charge < -0.3 is 5.73 Å². The van der Waals surface area contributed by atoms with E-state index in [-0.39, 0.29) is 5.56 Å². The summed E-state index contributed by atoms with van der Waals surface area (Å²) in [5.41, 5.74) is 5.56. The van der Waals surface area contributed by atoms with Crippen molar-refractivity contribution in [2.75, 3.05) is 0 Å². The van der Waals surface area contributed by atoms with Crippen LogP contribution in [0.3, 0.4) is 0 Å². The second-order valence-corrected chi connectivity index (χ2v) is 3.88. The Labute approximate surface area is 92.9 Å². The van der Waals surface area contributed by atoms with Crippen molar-refractivity contribution in [1.29, 1.82) is 0 Å². The van der Waals surface area contributed by atoms with Gasteiger partial charge in [-0.05, 0) is 17.6 Å².